The van der Waals surface area contributed by atoms with E-state index in [4.69, 9.17) is 0 Å². The second-order valence-electron chi connectivity index (χ2n) is 2.94. The molecule has 0 fully saturated rings. The molecule has 14 heavy (non-hydrogen) atoms. The van der Waals surface area contributed by atoms with Crippen LogP contribution in [0.2, 0.25) is 5.32 Å². The fourth-order valence-corrected chi connectivity index (χ4v) is 4.10. The molecular weight excluding hydrogens is 261 g/mol. The zero-order valence-corrected chi connectivity index (χ0v) is 10.2. The van der Waals surface area contributed by atoms with Crippen LogP contribution in [-0.4, -0.2) is 25.7 Å². The molecule has 0 saturated heterocycles. The van der Waals surface area contributed by atoms with Crippen molar-refractivity contribution in [2.45, 2.75) is 12.2 Å². The predicted octanol–water partition coefficient (Wildman–Crippen LogP) is 1.63. The molecule has 1 heterocycles. The normalized spacial score (nSPS) is 10.6. The number of fused-ring (bicyclic) bond motifs is 1. The number of hydrogen-bond acceptors (Lipinski definition) is 3. The first-order valence-corrected chi connectivity index (χ1v) is 7.12. The van der Waals surface area contributed by atoms with Gasteiger partial charge in [-0.05, 0) is 0 Å². The van der Waals surface area contributed by atoms with Crippen LogP contribution in [0.5, 0.6) is 0 Å². The van der Waals surface area contributed by atoms with Gasteiger partial charge in [-0.25, -0.2) is 0 Å². The first kappa shape index (κ1) is 9.84. The molecule has 0 aliphatic carbocycles. The minimum absolute atomic E-state index is 0.218. The van der Waals surface area contributed by atoms with Crippen molar-refractivity contribution in [3.05, 3.63) is 24.3 Å². The Morgan fingerprint density at radius 1 is 1.50 bits per heavy atom. The number of thiazole rings is 1. The number of carbonyl (C=O) groups is 1. The van der Waals surface area contributed by atoms with Crippen LogP contribution in [0.25, 0.3) is 10.2 Å². The molecule has 1 aromatic carbocycles. The molecule has 0 spiro atoms. The number of carbonyl (C=O) groups excluding carboxylic acids is 1. The molecule has 0 aliphatic heterocycles. The Labute approximate surface area is 92.5 Å². The summed E-state index contributed by atoms with van der Waals surface area (Å²) < 4.78 is 2.34. The van der Waals surface area contributed by atoms with Gasteiger partial charge >= 0.3 is 92.5 Å². The molecule has 72 valence electrons. The Balaban J connectivity index is 2.22. The van der Waals surface area contributed by atoms with E-state index >= 15 is 0 Å². The summed E-state index contributed by atoms with van der Waals surface area (Å²) in [5.41, 5.74) is 1.05. The molecule has 0 radical (unpaired) electrons. The summed E-state index contributed by atoms with van der Waals surface area (Å²) in [6.07, 6.45) is 0. The molecule has 2 nitrogen and oxygen atoms in total. The summed E-state index contributed by atoms with van der Waals surface area (Å²) in [5, 5.41) is 0.660. The van der Waals surface area contributed by atoms with E-state index in [1.54, 1.807) is 18.3 Å². The van der Waals surface area contributed by atoms with E-state index in [1.807, 2.05) is 18.2 Å². The predicted molar refractivity (Wildman–Crippen MR) is 60.5 cm³/mol. The number of hydrogen-bond donors (Lipinski definition) is 0. The van der Waals surface area contributed by atoms with Crippen LogP contribution < -0.4 is 3.91 Å². The van der Waals surface area contributed by atoms with Gasteiger partial charge in [-0.2, -0.15) is 0 Å². The first-order chi connectivity index (χ1) is 6.75. The molecule has 4 heteroatoms. The molecule has 0 bridgehead atoms. The Bertz CT molecular complexity index is 433. The summed E-state index contributed by atoms with van der Waals surface area (Å²) in [4.78, 5) is 15.3. The van der Waals surface area contributed by atoms with Crippen molar-refractivity contribution >= 4 is 46.2 Å². The van der Waals surface area contributed by atoms with Crippen LogP contribution >= 0.6 is 11.3 Å². The fourth-order valence-electron chi connectivity index (χ4n) is 1.08. The average Bonchev–Trinajstić information content (AvgIpc) is 2.57. The summed E-state index contributed by atoms with van der Waals surface area (Å²) in [7, 11) is 0. The Hall–Kier alpha value is -0.701. The van der Waals surface area contributed by atoms with Gasteiger partial charge in [0.25, 0.3) is 0 Å². The van der Waals surface area contributed by atoms with E-state index in [0.29, 0.717) is 5.32 Å². The Morgan fingerprint density at radius 2 is 2.29 bits per heavy atom. The van der Waals surface area contributed by atoms with Crippen LogP contribution in [0, 0.1) is 0 Å². The third-order valence-corrected chi connectivity index (χ3v) is 5.51. The summed E-state index contributed by atoms with van der Waals surface area (Å²) >= 11 is 1.92. The standard InChI is InChI=1S/C10H9NOSSe/c1-7(12)6-14-10-11-8-4-2-3-5-9(8)13-10/h2-5H,6H2,1H3. The van der Waals surface area contributed by atoms with Crippen molar-refractivity contribution in [1.82, 2.24) is 4.98 Å². The van der Waals surface area contributed by atoms with Gasteiger partial charge < -0.3 is 0 Å². The number of rotatable bonds is 3. The third kappa shape index (κ3) is 2.21. The second kappa shape index (κ2) is 4.22. The van der Waals surface area contributed by atoms with Gasteiger partial charge in [0.2, 0.25) is 0 Å². The maximum absolute atomic E-state index is 10.8. The summed E-state index contributed by atoms with van der Waals surface area (Å²) in [5.74, 6) is 0.254. The van der Waals surface area contributed by atoms with Crippen LogP contribution in [0.4, 0.5) is 0 Å². The van der Waals surface area contributed by atoms with Crippen molar-refractivity contribution in [2.24, 2.45) is 0 Å². The summed E-state index contributed by atoms with van der Waals surface area (Å²) in [6.45, 7) is 1.63. The third-order valence-electron chi connectivity index (χ3n) is 1.67. The van der Waals surface area contributed by atoms with Crippen molar-refractivity contribution in [1.29, 1.82) is 0 Å². The van der Waals surface area contributed by atoms with E-state index in [0.717, 1.165) is 9.42 Å². The minimum atomic E-state index is 0.218. The molecule has 0 atom stereocenters. The van der Waals surface area contributed by atoms with Crippen molar-refractivity contribution in [3.63, 3.8) is 0 Å². The zero-order valence-electron chi connectivity index (χ0n) is 7.69. The van der Waals surface area contributed by atoms with E-state index in [1.165, 1.54) is 4.70 Å². The van der Waals surface area contributed by atoms with E-state index in [-0.39, 0.29) is 20.7 Å². The molecular formula is C10H9NOSSe. The average molecular weight is 270 g/mol. The maximum atomic E-state index is 10.8. The molecule has 1 aromatic heterocycles. The van der Waals surface area contributed by atoms with Gasteiger partial charge in [0.1, 0.15) is 0 Å². The number of Topliss-reactive ketones (excluding diaryl/α,β-unsaturated/α-hetero) is 1. The fraction of sp³-hybridized carbons (Fsp3) is 0.200. The second-order valence-corrected chi connectivity index (χ2v) is 6.57. The quantitative estimate of drug-likeness (QED) is 0.793. The van der Waals surface area contributed by atoms with E-state index < -0.39 is 0 Å². The van der Waals surface area contributed by atoms with Gasteiger partial charge in [-0.1, -0.05) is 0 Å². The van der Waals surface area contributed by atoms with Crippen molar-refractivity contribution in [3.8, 4) is 0 Å². The topological polar surface area (TPSA) is 30.0 Å². The zero-order chi connectivity index (χ0) is 9.97. The molecule has 2 rings (SSSR count). The molecule has 0 aliphatic rings. The van der Waals surface area contributed by atoms with Crippen molar-refractivity contribution < 1.29 is 4.79 Å². The Kier molecular flexibility index (Phi) is 2.96. The van der Waals surface area contributed by atoms with Crippen molar-refractivity contribution in [2.75, 3.05) is 0 Å². The van der Waals surface area contributed by atoms with Gasteiger partial charge in [0.05, 0.1) is 0 Å². The molecule has 0 saturated carbocycles. The van der Waals surface area contributed by atoms with Gasteiger partial charge in [0.15, 0.2) is 0 Å². The van der Waals surface area contributed by atoms with Crippen LogP contribution in [0.1, 0.15) is 6.92 Å². The first-order valence-electron chi connectivity index (χ1n) is 4.23. The SMILES string of the molecule is CC(=O)C[Se]c1nc2ccccc2s1. The van der Waals surface area contributed by atoms with Gasteiger partial charge in [0, 0.05) is 0 Å². The molecule has 0 amide bonds. The van der Waals surface area contributed by atoms with E-state index in [2.05, 4.69) is 11.1 Å². The number of ketones is 1. The van der Waals surface area contributed by atoms with E-state index in [9.17, 15) is 4.79 Å². The molecule has 2 aromatic rings. The van der Waals surface area contributed by atoms with Crippen LogP contribution in [-0.2, 0) is 4.79 Å². The van der Waals surface area contributed by atoms with Gasteiger partial charge in [-0.3, -0.25) is 0 Å². The number of benzene rings is 1. The molecule has 0 N–H and O–H groups in total. The summed E-state index contributed by atoms with van der Waals surface area (Å²) in [6, 6.07) is 8.09. The number of para-hydroxylation sites is 1. The molecule has 0 unspecified atom stereocenters. The number of aromatic nitrogens is 1. The Morgan fingerprint density at radius 3 is 3.00 bits per heavy atom. The number of nitrogens with zero attached hydrogens (tertiary/aromatic N) is 1. The van der Waals surface area contributed by atoms with Gasteiger partial charge in [-0.15, -0.1) is 0 Å². The van der Waals surface area contributed by atoms with Crippen LogP contribution in [0.3, 0.4) is 0 Å². The van der Waals surface area contributed by atoms with Crippen LogP contribution in [0.15, 0.2) is 24.3 Å². The monoisotopic (exact) mass is 271 g/mol.